The minimum absolute atomic E-state index is 0.155. The highest BCUT2D eigenvalue weighted by Gasteiger charge is 2.25. The highest BCUT2D eigenvalue weighted by Crippen LogP contribution is 2.18. The Morgan fingerprint density at radius 3 is 2.75 bits per heavy atom. The maximum Gasteiger partial charge on any atom is 0.313 e. The van der Waals surface area contributed by atoms with Gasteiger partial charge in [0.25, 0.3) is 0 Å². The number of carbonyl (C=O) groups is 2. The number of fused-ring (bicyclic) bond motifs is 1. The van der Waals surface area contributed by atoms with Crippen molar-refractivity contribution in [2.45, 2.75) is 45.6 Å². The molecule has 7 heteroatoms. The van der Waals surface area contributed by atoms with Crippen LogP contribution in [0.3, 0.4) is 0 Å². The van der Waals surface area contributed by atoms with Gasteiger partial charge in [0.1, 0.15) is 12.2 Å². The van der Waals surface area contributed by atoms with Gasteiger partial charge in [-0.15, -0.1) is 0 Å². The largest absolute Gasteiger partial charge is 0.466 e. The minimum Gasteiger partial charge on any atom is -0.466 e. The number of aromatic nitrogens is 2. The number of nitrogens with one attached hydrogen (secondary N) is 1. The first-order valence-electron chi connectivity index (χ1n) is 8.88. The molecule has 7 nitrogen and oxygen atoms in total. The molecule has 1 saturated heterocycles. The molecule has 1 aromatic heterocycles. The van der Waals surface area contributed by atoms with Crippen LogP contribution in [0.5, 0.6) is 0 Å². The average molecular weight is 334 g/mol. The van der Waals surface area contributed by atoms with Gasteiger partial charge in [-0.1, -0.05) is 6.42 Å². The van der Waals surface area contributed by atoms with Gasteiger partial charge >= 0.3 is 5.97 Å². The fourth-order valence-corrected chi connectivity index (χ4v) is 3.41. The molecule has 1 amide bonds. The summed E-state index contributed by atoms with van der Waals surface area (Å²) in [6, 6.07) is 0. The second-order valence-corrected chi connectivity index (χ2v) is 6.49. The van der Waals surface area contributed by atoms with Crippen molar-refractivity contribution in [2.24, 2.45) is 0 Å². The lowest BCUT2D eigenvalue weighted by atomic mass is 10.1. The number of carbonyl (C=O) groups excluding carboxylic acids is 2. The van der Waals surface area contributed by atoms with Crippen LogP contribution in [0, 0.1) is 0 Å². The van der Waals surface area contributed by atoms with Gasteiger partial charge in [-0.2, -0.15) is 0 Å². The van der Waals surface area contributed by atoms with E-state index in [1.165, 1.54) is 19.3 Å². The number of aromatic amines is 1. The van der Waals surface area contributed by atoms with E-state index in [0.29, 0.717) is 32.1 Å². The lowest BCUT2D eigenvalue weighted by Crippen LogP contribution is -2.44. The van der Waals surface area contributed by atoms with Gasteiger partial charge in [-0.25, -0.2) is 4.98 Å². The number of ether oxygens (including phenoxy) is 1. The molecule has 0 aromatic carbocycles. The molecule has 0 saturated carbocycles. The van der Waals surface area contributed by atoms with Crippen LogP contribution >= 0.6 is 0 Å². The van der Waals surface area contributed by atoms with Crippen molar-refractivity contribution in [3.05, 3.63) is 17.2 Å². The van der Waals surface area contributed by atoms with E-state index in [2.05, 4.69) is 14.9 Å². The predicted octanol–water partition coefficient (Wildman–Crippen LogP) is 0.886. The maximum absolute atomic E-state index is 12.5. The zero-order valence-electron chi connectivity index (χ0n) is 14.3. The molecule has 1 N–H and O–H groups in total. The summed E-state index contributed by atoms with van der Waals surface area (Å²) >= 11 is 0. The van der Waals surface area contributed by atoms with Crippen LogP contribution in [0.1, 0.15) is 43.4 Å². The molecule has 2 aliphatic heterocycles. The molecule has 0 bridgehead atoms. The Labute approximate surface area is 142 Å². The Morgan fingerprint density at radius 2 is 2.00 bits per heavy atom. The third-order valence-corrected chi connectivity index (χ3v) is 4.66. The summed E-state index contributed by atoms with van der Waals surface area (Å²) in [5.41, 5.74) is 1.92. The number of piperidine rings is 1. The normalized spacial score (nSPS) is 18.3. The zero-order valence-corrected chi connectivity index (χ0v) is 14.3. The van der Waals surface area contributed by atoms with Crippen molar-refractivity contribution in [3.63, 3.8) is 0 Å². The number of amides is 1. The van der Waals surface area contributed by atoms with E-state index in [1.54, 1.807) is 6.92 Å². The Balaban J connectivity index is 1.56. The first kappa shape index (κ1) is 17.0. The molecule has 0 spiro atoms. The number of likely N-dealkylation sites (tertiary alicyclic amines) is 1. The van der Waals surface area contributed by atoms with E-state index in [4.69, 9.17) is 4.74 Å². The third-order valence-electron chi connectivity index (χ3n) is 4.66. The lowest BCUT2D eigenvalue weighted by molar-refractivity contribution is -0.142. The summed E-state index contributed by atoms with van der Waals surface area (Å²) in [6.45, 7) is 5.98. The maximum atomic E-state index is 12.5. The third kappa shape index (κ3) is 4.14. The summed E-state index contributed by atoms with van der Waals surface area (Å²) in [6.07, 6.45) is 4.54. The fraction of sp³-hybridized carbons (Fsp3) is 0.706. The van der Waals surface area contributed by atoms with E-state index >= 15 is 0 Å². The van der Waals surface area contributed by atoms with Crippen molar-refractivity contribution in [2.75, 3.05) is 32.8 Å². The first-order valence-corrected chi connectivity index (χ1v) is 8.88. The highest BCUT2D eigenvalue weighted by molar-refractivity contribution is 5.78. The molecule has 0 radical (unpaired) electrons. The number of rotatable bonds is 5. The van der Waals surface area contributed by atoms with Crippen molar-refractivity contribution in [1.82, 2.24) is 19.8 Å². The number of H-pyrrole nitrogens is 1. The van der Waals surface area contributed by atoms with E-state index in [0.717, 1.165) is 30.9 Å². The monoisotopic (exact) mass is 334 g/mol. The average Bonchev–Trinajstić information content (AvgIpc) is 2.97. The highest BCUT2D eigenvalue weighted by atomic mass is 16.5. The van der Waals surface area contributed by atoms with Crippen molar-refractivity contribution in [3.8, 4) is 0 Å². The summed E-state index contributed by atoms with van der Waals surface area (Å²) < 4.78 is 4.95. The van der Waals surface area contributed by atoms with Crippen LogP contribution < -0.4 is 0 Å². The molecule has 1 aromatic rings. The van der Waals surface area contributed by atoms with E-state index in [1.807, 2.05) is 4.90 Å². The van der Waals surface area contributed by atoms with Crippen molar-refractivity contribution < 1.29 is 14.3 Å². The van der Waals surface area contributed by atoms with Crippen LogP contribution in [0.4, 0.5) is 0 Å². The minimum atomic E-state index is -0.276. The zero-order chi connectivity index (χ0) is 16.9. The predicted molar refractivity (Wildman–Crippen MR) is 88.3 cm³/mol. The number of hydrogen-bond donors (Lipinski definition) is 1. The van der Waals surface area contributed by atoms with Crippen molar-refractivity contribution >= 4 is 11.9 Å². The van der Waals surface area contributed by atoms with Crippen LogP contribution in [-0.4, -0.2) is 64.4 Å². The lowest BCUT2D eigenvalue weighted by Gasteiger charge is -2.31. The van der Waals surface area contributed by atoms with Crippen LogP contribution in [0.2, 0.25) is 0 Å². The van der Waals surface area contributed by atoms with Gasteiger partial charge in [0.05, 0.1) is 31.1 Å². The van der Waals surface area contributed by atoms with E-state index in [9.17, 15) is 9.59 Å². The standard InChI is InChI=1S/C17H26N4O3/c1-2-24-17(23)10-15-18-13-6-9-21(11-14(13)19-15)16(22)12-20-7-4-3-5-8-20/h2-12H2,1H3,(H,18,19). The van der Waals surface area contributed by atoms with Gasteiger partial charge in [-0.3, -0.25) is 14.5 Å². The molecule has 0 aliphatic carbocycles. The van der Waals surface area contributed by atoms with Crippen LogP contribution in [0.25, 0.3) is 0 Å². The Morgan fingerprint density at radius 1 is 1.21 bits per heavy atom. The van der Waals surface area contributed by atoms with Crippen LogP contribution in [0.15, 0.2) is 0 Å². The smallest absolute Gasteiger partial charge is 0.313 e. The molecule has 3 heterocycles. The summed E-state index contributed by atoms with van der Waals surface area (Å²) in [7, 11) is 0. The molecule has 1 fully saturated rings. The molecule has 3 rings (SSSR count). The molecule has 24 heavy (non-hydrogen) atoms. The van der Waals surface area contributed by atoms with Crippen LogP contribution in [-0.2, 0) is 33.7 Å². The fourth-order valence-electron chi connectivity index (χ4n) is 3.41. The van der Waals surface area contributed by atoms with Gasteiger partial charge in [-0.05, 0) is 32.9 Å². The van der Waals surface area contributed by atoms with Crippen molar-refractivity contribution in [1.29, 1.82) is 0 Å². The van der Waals surface area contributed by atoms with Gasteiger partial charge in [0.15, 0.2) is 0 Å². The van der Waals surface area contributed by atoms with Gasteiger partial charge in [0.2, 0.25) is 5.91 Å². The Hall–Kier alpha value is -1.89. The number of nitrogens with zero attached hydrogens (tertiary/aromatic N) is 3. The van der Waals surface area contributed by atoms with Gasteiger partial charge in [0, 0.05) is 13.0 Å². The number of hydrogen-bond acceptors (Lipinski definition) is 5. The molecule has 2 aliphatic rings. The second kappa shape index (κ2) is 7.79. The SMILES string of the molecule is CCOC(=O)Cc1nc2c([nH]1)CN(C(=O)CN1CCCCC1)CC2. The molecular formula is C17H26N4O3. The summed E-state index contributed by atoms with van der Waals surface area (Å²) in [5, 5.41) is 0. The molecule has 0 atom stereocenters. The number of esters is 1. The van der Waals surface area contributed by atoms with E-state index < -0.39 is 0 Å². The van der Waals surface area contributed by atoms with E-state index in [-0.39, 0.29) is 18.3 Å². The molecule has 0 unspecified atom stereocenters. The second-order valence-electron chi connectivity index (χ2n) is 6.49. The number of imidazole rings is 1. The molecular weight excluding hydrogens is 308 g/mol. The summed E-state index contributed by atoms with van der Waals surface area (Å²) in [5.74, 6) is 0.537. The topological polar surface area (TPSA) is 78.5 Å². The summed E-state index contributed by atoms with van der Waals surface area (Å²) in [4.78, 5) is 35.9. The quantitative estimate of drug-likeness (QED) is 0.809. The Bertz CT molecular complexity index is 593. The molecule has 132 valence electrons. The first-order chi connectivity index (χ1) is 11.7. The Kier molecular flexibility index (Phi) is 5.50. The van der Waals surface area contributed by atoms with Gasteiger partial charge < -0.3 is 14.6 Å².